The minimum absolute atomic E-state index is 0.462. The molecule has 1 N–H and O–H groups in total. The molecular weight excluding hydrogens is 242 g/mol. The summed E-state index contributed by atoms with van der Waals surface area (Å²) in [7, 11) is 4.89. The van der Waals surface area contributed by atoms with Crippen LogP contribution < -0.4 is 19.5 Å². The highest BCUT2D eigenvalue weighted by molar-refractivity contribution is 5.66. The predicted molar refractivity (Wildman–Crippen MR) is 78.3 cm³/mol. The lowest BCUT2D eigenvalue weighted by Gasteiger charge is -2.12. The van der Waals surface area contributed by atoms with Crippen molar-refractivity contribution in [1.82, 2.24) is 5.32 Å². The van der Waals surface area contributed by atoms with Crippen LogP contribution in [0.2, 0.25) is 0 Å². The van der Waals surface area contributed by atoms with E-state index in [4.69, 9.17) is 14.2 Å². The van der Waals surface area contributed by atoms with Gasteiger partial charge in [-0.3, -0.25) is 0 Å². The van der Waals surface area contributed by atoms with E-state index >= 15 is 0 Å². The van der Waals surface area contributed by atoms with E-state index in [-0.39, 0.29) is 0 Å². The molecule has 0 bridgehead atoms. The minimum atomic E-state index is 0.462. The summed E-state index contributed by atoms with van der Waals surface area (Å²) < 4.78 is 16.0. The summed E-state index contributed by atoms with van der Waals surface area (Å²) in [4.78, 5) is 0. The quantitative estimate of drug-likeness (QED) is 0.823. The van der Waals surface area contributed by atoms with Gasteiger partial charge in [-0.1, -0.05) is 26.0 Å². The highest BCUT2D eigenvalue weighted by Crippen LogP contribution is 2.34. The second-order valence-electron chi connectivity index (χ2n) is 4.41. The Kier molecular flexibility index (Phi) is 6.22. The van der Waals surface area contributed by atoms with Gasteiger partial charge in [-0.05, 0) is 0 Å². The van der Waals surface area contributed by atoms with E-state index in [0.29, 0.717) is 11.8 Å². The van der Waals surface area contributed by atoms with Gasteiger partial charge in [0.2, 0.25) is 0 Å². The zero-order chi connectivity index (χ0) is 14.3. The zero-order valence-electron chi connectivity index (χ0n) is 12.3. The van der Waals surface area contributed by atoms with Crippen LogP contribution in [0.5, 0.6) is 17.2 Å². The van der Waals surface area contributed by atoms with Gasteiger partial charge in [0.15, 0.2) is 0 Å². The van der Waals surface area contributed by atoms with Crippen LogP contribution in [0.25, 0.3) is 6.08 Å². The van der Waals surface area contributed by atoms with Gasteiger partial charge in [-0.2, -0.15) is 0 Å². The van der Waals surface area contributed by atoms with Gasteiger partial charge in [-0.25, -0.2) is 0 Å². The van der Waals surface area contributed by atoms with Gasteiger partial charge in [0.05, 0.1) is 26.9 Å². The van der Waals surface area contributed by atoms with Gasteiger partial charge >= 0.3 is 0 Å². The van der Waals surface area contributed by atoms with E-state index in [2.05, 4.69) is 19.2 Å². The van der Waals surface area contributed by atoms with E-state index in [1.807, 2.05) is 24.3 Å². The SMILES string of the molecule is COc1cc(OC)c(C=CCNC(C)C)c(OC)c1. The standard InChI is InChI=1S/C15H23NO3/c1-11(2)16-8-6-7-13-14(18-4)9-12(17-3)10-15(13)19-5/h6-7,9-11,16H,8H2,1-5H3. The number of rotatable bonds is 7. The first kappa shape index (κ1) is 15.4. The van der Waals surface area contributed by atoms with Crippen LogP contribution in [0.15, 0.2) is 18.2 Å². The molecular formula is C15H23NO3. The Labute approximate surface area is 115 Å². The molecule has 4 heteroatoms. The first-order valence-corrected chi connectivity index (χ1v) is 6.32. The highest BCUT2D eigenvalue weighted by Gasteiger charge is 2.10. The van der Waals surface area contributed by atoms with Gasteiger partial charge in [-0.15, -0.1) is 0 Å². The lowest BCUT2D eigenvalue weighted by Crippen LogP contribution is -2.22. The fraction of sp³-hybridized carbons (Fsp3) is 0.467. The van der Waals surface area contributed by atoms with Crippen molar-refractivity contribution in [3.63, 3.8) is 0 Å². The second-order valence-corrected chi connectivity index (χ2v) is 4.41. The van der Waals surface area contributed by atoms with Gasteiger partial charge in [0, 0.05) is 24.7 Å². The molecule has 19 heavy (non-hydrogen) atoms. The molecule has 0 atom stereocenters. The van der Waals surface area contributed by atoms with Gasteiger partial charge in [0.25, 0.3) is 0 Å². The Hall–Kier alpha value is -1.68. The molecule has 0 heterocycles. The van der Waals surface area contributed by atoms with Crippen LogP contribution >= 0.6 is 0 Å². The highest BCUT2D eigenvalue weighted by atomic mass is 16.5. The van der Waals surface area contributed by atoms with Crippen LogP contribution in [0.1, 0.15) is 19.4 Å². The summed E-state index contributed by atoms with van der Waals surface area (Å²) in [5.41, 5.74) is 0.913. The average molecular weight is 265 g/mol. The van der Waals surface area contributed by atoms with Crippen molar-refractivity contribution in [3.8, 4) is 17.2 Å². The summed E-state index contributed by atoms with van der Waals surface area (Å²) in [6.07, 6.45) is 4.04. The third-order valence-electron chi connectivity index (χ3n) is 2.68. The van der Waals surface area contributed by atoms with Crippen molar-refractivity contribution in [2.45, 2.75) is 19.9 Å². The molecule has 0 unspecified atom stereocenters. The number of hydrogen-bond acceptors (Lipinski definition) is 4. The van der Waals surface area contributed by atoms with Crippen molar-refractivity contribution in [1.29, 1.82) is 0 Å². The Morgan fingerprint density at radius 1 is 1.05 bits per heavy atom. The average Bonchev–Trinajstić information content (AvgIpc) is 2.42. The van der Waals surface area contributed by atoms with Crippen molar-refractivity contribution in [2.75, 3.05) is 27.9 Å². The zero-order valence-corrected chi connectivity index (χ0v) is 12.3. The second kappa shape index (κ2) is 7.69. The third kappa shape index (κ3) is 4.48. The van der Waals surface area contributed by atoms with E-state index in [1.165, 1.54) is 0 Å². The van der Waals surface area contributed by atoms with E-state index in [1.54, 1.807) is 21.3 Å². The molecule has 0 fully saturated rings. The molecule has 0 aliphatic rings. The maximum absolute atomic E-state index is 5.38. The Bertz CT molecular complexity index is 402. The molecule has 0 saturated carbocycles. The van der Waals surface area contributed by atoms with Gasteiger partial charge < -0.3 is 19.5 Å². The minimum Gasteiger partial charge on any atom is -0.496 e. The lowest BCUT2D eigenvalue weighted by atomic mass is 10.1. The molecule has 0 aliphatic carbocycles. The summed E-state index contributed by atoms with van der Waals surface area (Å²) in [5.74, 6) is 2.18. The number of benzene rings is 1. The van der Waals surface area contributed by atoms with Crippen LogP contribution in [0, 0.1) is 0 Å². The van der Waals surface area contributed by atoms with Gasteiger partial charge in [0.1, 0.15) is 17.2 Å². The summed E-state index contributed by atoms with van der Waals surface area (Å²) >= 11 is 0. The smallest absolute Gasteiger partial charge is 0.133 e. The number of hydrogen-bond donors (Lipinski definition) is 1. The number of nitrogens with one attached hydrogen (secondary N) is 1. The normalized spacial score (nSPS) is 11.1. The maximum Gasteiger partial charge on any atom is 0.133 e. The van der Waals surface area contributed by atoms with Crippen LogP contribution in [0.3, 0.4) is 0 Å². The topological polar surface area (TPSA) is 39.7 Å². The molecule has 1 aromatic carbocycles. The van der Waals surface area contributed by atoms with Crippen molar-refractivity contribution < 1.29 is 14.2 Å². The molecule has 0 aliphatic heterocycles. The van der Waals surface area contributed by atoms with E-state index in [0.717, 1.165) is 23.6 Å². The molecule has 0 radical (unpaired) electrons. The summed E-state index contributed by atoms with van der Waals surface area (Å²) in [6.45, 7) is 5.03. The first-order valence-electron chi connectivity index (χ1n) is 6.32. The Morgan fingerprint density at radius 2 is 1.63 bits per heavy atom. The molecule has 0 spiro atoms. The van der Waals surface area contributed by atoms with Crippen molar-refractivity contribution in [2.24, 2.45) is 0 Å². The Morgan fingerprint density at radius 3 is 2.05 bits per heavy atom. The molecule has 4 nitrogen and oxygen atoms in total. The van der Waals surface area contributed by atoms with E-state index in [9.17, 15) is 0 Å². The monoisotopic (exact) mass is 265 g/mol. The van der Waals surface area contributed by atoms with Crippen LogP contribution in [0.4, 0.5) is 0 Å². The number of ether oxygens (including phenoxy) is 3. The number of methoxy groups -OCH3 is 3. The lowest BCUT2D eigenvalue weighted by molar-refractivity contribution is 0.374. The van der Waals surface area contributed by atoms with Crippen molar-refractivity contribution >= 4 is 6.08 Å². The summed E-state index contributed by atoms with van der Waals surface area (Å²) in [6, 6.07) is 4.15. The molecule has 106 valence electrons. The third-order valence-corrected chi connectivity index (χ3v) is 2.68. The predicted octanol–water partition coefficient (Wildman–Crippen LogP) is 2.72. The van der Waals surface area contributed by atoms with E-state index < -0.39 is 0 Å². The van der Waals surface area contributed by atoms with Crippen LogP contribution in [-0.4, -0.2) is 33.9 Å². The van der Waals surface area contributed by atoms with Crippen molar-refractivity contribution in [3.05, 3.63) is 23.8 Å². The molecule has 0 aromatic heterocycles. The Balaban J connectivity index is 2.97. The molecule has 0 saturated heterocycles. The first-order chi connectivity index (χ1) is 9.12. The fourth-order valence-electron chi connectivity index (χ4n) is 1.68. The molecule has 0 amide bonds. The molecule has 1 aromatic rings. The fourth-order valence-corrected chi connectivity index (χ4v) is 1.68. The van der Waals surface area contributed by atoms with Crippen LogP contribution in [-0.2, 0) is 0 Å². The maximum atomic E-state index is 5.38. The summed E-state index contributed by atoms with van der Waals surface area (Å²) in [5, 5.41) is 3.32. The molecule has 1 rings (SSSR count). The largest absolute Gasteiger partial charge is 0.496 e.